The second kappa shape index (κ2) is 6.28. The topological polar surface area (TPSA) is 0 Å². The zero-order valence-corrected chi connectivity index (χ0v) is 8.39. The van der Waals surface area contributed by atoms with Gasteiger partial charge in [0.05, 0.1) is 0 Å². The minimum Gasteiger partial charge on any atom is -0.0883 e. The number of hydrogen-bond acceptors (Lipinski definition) is 0. The predicted molar refractivity (Wildman–Crippen MR) is 55.2 cm³/mol. The largest absolute Gasteiger partial charge is 0.0883 e. The first-order chi connectivity index (χ1) is 5.93. The van der Waals surface area contributed by atoms with Crippen molar-refractivity contribution < 1.29 is 0 Å². The molecular formula is C12H22. The van der Waals surface area contributed by atoms with E-state index < -0.39 is 0 Å². The Kier molecular flexibility index (Phi) is 5.14. The molecule has 0 heteroatoms. The molecule has 1 rings (SSSR count). The highest BCUT2D eigenvalue weighted by Gasteiger charge is 2.16. The van der Waals surface area contributed by atoms with E-state index in [1.807, 2.05) is 0 Å². The SMILES string of the molecule is CCCCCCCC=CC1CC1. The predicted octanol–water partition coefficient (Wildman–Crippen LogP) is 4.31. The van der Waals surface area contributed by atoms with E-state index in [1.165, 1.54) is 51.4 Å². The van der Waals surface area contributed by atoms with Crippen molar-refractivity contribution in [3.05, 3.63) is 12.2 Å². The van der Waals surface area contributed by atoms with Gasteiger partial charge in [0.25, 0.3) is 0 Å². The second-order valence-electron chi connectivity index (χ2n) is 3.97. The molecule has 1 fully saturated rings. The van der Waals surface area contributed by atoms with Crippen LogP contribution in [0.5, 0.6) is 0 Å². The highest BCUT2D eigenvalue weighted by molar-refractivity contribution is 4.95. The van der Waals surface area contributed by atoms with Gasteiger partial charge in [0, 0.05) is 0 Å². The summed E-state index contributed by atoms with van der Waals surface area (Å²) in [4.78, 5) is 0. The van der Waals surface area contributed by atoms with E-state index in [9.17, 15) is 0 Å². The van der Waals surface area contributed by atoms with Crippen molar-refractivity contribution in [1.29, 1.82) is 0 Å². The van der Waals surface area contributed by atoms with Crippen LogP contribution in [0.4, 0.5) is 0 Å². The van der Waals surface area contributed by atoms with Crippen LogP contribution in [0.1, 0.15) is 58.3 Å². The molecule has 0 heterocycles. The highest BCUT2D eigenvalue weighted by atomic mass is 14.2. The van der Waals surface area contributed by atoms with Gasteiger partial charge in [-0.1, -0.05) is 44.8 Å². The fraction of sp³-hybridized carbons (Fsp3) is 0.833. The molecule has 0 aromatic carbocycles. The van der Waals surface area contributed by atoms with Gasteiger partial charge in [-0.05, 0) is 31.6 Å². The summed E-state index contributed by atoms with van der Waals surface area (Å²) in [7, 11) is 0. The van der Waals surface area contributed by atoms with Crippen LogP contribution >= 0.6 is 0 Å². The van der Waals surface area contributed by atoms with Crippen LogP contribution in [0.15, 0.2) is 12.2 Å². The quantitative estimate of drug-likeness (QED) is 0.390. The van der Waals surface area contributed by atoms with E-state index in [0.29, 0.717) is 0 Å². The molecular weight excluding hydrogens is 144 g/mol. The maximum absolute atomic E-state index is 2.42. The lowest BCUT2D eigenvalue weighted by molar-refractivity contribution is 0.637. The third-order valence-corrected chi connectivity index (χ3v) is 2.50. The molecule has 0 N–H and O–H groups in total. The molecule has 0 spiro atoms. The first-order valence-corrected chi connectivity index (χ1v) is 5.60. The van der Waals surface area contributed by atoms with Crippen molar-refractivity contribution in [3.63, 3.8) is 0 Å². The van der Waals surface area contributed by atoms with Crippen molar-refractivity contribution in [3.8, 4) is 0 Å². The minimum absolute atomic E-state index is 0.973. The van der Waals surface area contributed by atoms with Crippen molar-refractivity contribution in [2.75, 3.05) is 0 Å². The molecule has 1 aliphatic carbocycles. The smallest absolute Gasteiger partial charge is 0.0233 e. The normalized spacial score (nSPS) is 17.4. The van der Waals surface area contributed by atoms with Crippen LogP contribution in [0.3, 0.4) is 0 Å². The van der Waals surface area contributed by atoms with Crippen LogP contribution in [-0.2, 0) is 0 Å². The first-order valence-electron chi connectivity index (χ1n) is 5.60. The van der Waals surface area contributed by atoms with Crippen molar-refractivity contribution in [2.24, 2.45) is 5.92 Å². The second-order valence-corrected chi connectivity index (χ2v) is 3.97. The van der Waals surface area contributed by atoms with Gasteiger partial charge in [0.1, 0.15) is 0 Å². The molecule has 70 valence electrons. The molecule has 0 aromatic heterocycles. The van der Waals surface area contributed by atoms with Gasteiger partial charge in [-0.3, -0.25) is 0 Å². The molecule has 0 unspecified atom stereocenters. The Bertz CT molecular complexity index is 120. The van der Waals surface area contributed by atoms with Crippen LogP contribution in [0.2, 0.25) is 0 Å². The van der Waals surface area contributed by atoms with Gasteiger partial charge in [-0.2, -0.15) is 0 Å². The Labute approximate surface area is 77.1 Å². The van der Waals surface area contributed by atoms with Crippen molar-refractivity contribution in [2.45, 2.75) is 58.3 Å². The molecule has 0 bridgehead atoms. The number of rotatable bonds is 7. The average Bonchev–Trinajstić information content (AvgIpc) is 2.87. The van der Waals surface area contributed by atoms with Crippen LogP contribution in [-0.4, -0.2) is 0 Å². The van der Waals surface area contributed by atoms with Crippen LogP contribution in [0.25, 0.3) is 0 Å². The van der Waals surface area contributed by atoms with Gasteiger partial charge in [0.15, 0.2) is 0 Å². The number of hydrogen-bond donors (Lipinski definition) is 0. The highest BCUT2D eigenvalue weighted by Crippen LogP contribution is 2.30. The lowest BCUT2D eigenvalue weighted by Crippen LogP contribution is -1.76. The van der Waals surface area contributed by atoms with Crippen molar-refractivity contribution in [1.82, 2.24) is 0 Å². The fourth-order valence-corrected chi connectivity index (χ4v) is 1.44. The van der Waals surface area contributed by atoms with Gasteiger partial charge >= 0.3 is 0 Å². The molecule has 1 aliphatic rings. The molecule has 0 aromatic rings. The van der Waals surface area contributed by atoms with E-state index >= 15 is 0 Å². The summed E-state index contributed by atoms with van der Waals surface area (Å²) >= 11 is 0. The number of allylic oxidation sites excluding steroid dienone is 2. The number of unbranched alkanes of at least 4 members (excludes halogenated alkanes) is 5. The summed E-state index contributed by atoms with van der Waals surface area (Å²) in [5, 5.41) is 0. The van der Waals surface area contributed by atoms with E-state index in [4.69, 9.17) is 0 Å². The Balaban J connectivity index is 1.75. The summed E-state index contributed by atoms with van der Waals surface area (Å²) in [5.74, 6) is 0.973. The molecule has 0 saturated heterocycles. The average molecular weight is 166 g/mol. The van der Waals surface area contributed by atoms with E-state index in [2.05, 4.69) is 19.1 Å². The van der Waals surface area contributed by atoms with Gasteiger partial charge < -0.3 is 0 Å². The monoisotopic (exact) mass is 166 g/mol. The maximum atomic E-state index is 2.42. The lowest BCUT2D eigenvalue weighted by atomic mass is 10.1. The molecule has 0 nitrogen and oxygen atoms in total. The van der Waals surface area contributed by atoms with Gasteiger partial charge in [-0.25, -0.2) is 0 Å². The Morgan fingerprint density at radius 2 is 1.83 bits per heavy atom. The van der Waals surface area contributed by atoms with Gasteiger partial charge in [-0.15, -0.1) is 0 Å². The van der Waals surface area contributed by atoms with Crippen LogP contribution < -0.4 is 0 Å². The fourth-order valence-electron chi connectivity index (χ4n) is 1.44. The zero-order chi connectivity index (χ0) is 8.65. The Morgan fingerprint density at radius 3 is 2.50 bits per heavy atom. The maximum Gasteiger partial charge on any atom is -0.0233 e. The first kappa shape index (κ1) is 9.83. The zero-order valence-electron chi connectivity index (χ0n) is 8.39. The third-order valence-electron chi connectivity index (χ3n) is 2.50. The van der Waals surface area contributed by atoms with Crippen molar-refractivity contribution >= 4 is 0 Å². The minimum atomic E-state index is 0.973. The Morgan fingerprint density at radius 1 is 1.08 bits per heavy atom. The summed E-state index contributed by atoms with van der Waals surface area (Å²) < 4.78 is 0. The molecule has 0 aliphatic heterocycles. The van der Waals surface area contributed by atoms with E-state index in [-0.39, 0.29) is 0 Å². The molecule has 0 amide bonds. The summed E-state index contributed by atoms with van der Waals surface area (Å²) in [6.45, 7) is 2.27. The standard InChI is InChI=1S/C12H22/c1-2-3-4-5-6-7-8-9-12-10-11-12/h8-9,12H,2-7,10-11H2,1H3. The lowest BCUT2D eigenvalue weighted by Gasteiger charge is -1.95. The van der Waals surface area contributed by atoms with Gasteiger partial charge in [0.2, 0.25) is 0 Å². The molecule has 1 saturated carbocycles. The van der Waals surface area contributed by atoms with Crippen LogP contribution in [0, 0.1) is 5.92 Å². The molecule has 0 radical (unpaired) electrons. The molecule has 0 atom stereocenters. The Hall–Kier alpha value is -0.260. The molecule has 12 heavy (non-hydrogen) atoms. The van der Waals surface area contributed by atoms with E-state index in [1.54, 1.807) is 0 Å². The summed E-state index contributed by atoms with van der Waals surface area (Å²) in [5.41, 5.74) is 0. The summed E-state index contributed by atoms with van der Waals surface area (Å²) in [6, 6.07) is 0. The third kappa shape index (κ3) is 5.40. The summed E-state index contributed by atoms with van der Waals surface area (Å²) in [6.07, 6.45) is 16.1. The van der Waals surface area contributed by atoms with E-state index in [0.717, 1.165) is 5.92 Å².